The van der Waals surface area contributed by atoms with Crippen LogP contribution in [0.3, 0.4) is 0 Å². The molecule has 0 unspecified atom stereocenters. The van der Waals surface area contributed by atoms with Crippen LogP contribution in [-0.2, 0) is 0 Å². The van der Waals surface area contributed by atoms with Gasteiger partial charge in [-0.1, -0.05) is 0 Å². The number of aryl methyl sites for hydroxylation is 2. The Morgan fingerprint density at radius 3 is 1.44 bits per heavy atom. The Kier molecular flexibility index (Phi) is 1.37. The molecule has 0 aliphatic heterocycles. The SMILES string of the molecule is Cc1[sH+]c(C)c(O)c1O. The van der Waals surface area contributed by atoms with Gasteiger partial charge >= 0.3 is 0 Å². The summed E-state index contributed by atoms with van der Waals surface area (Å²) in [5.41, 5.74) is 0. The summed E-state index contributed by atoms with van der Waals surface area (Å²) in [5.74, 6) is 0.100. The molecule has 0 saturated carbocycles. The monoisotopic (exact) mass is 145 g/mol. The van der Waals surface area contributed by atoms with Gasteiger partial charge in [0, 0.05) is 13.8 Å². The van der Waals surface area contributed by atoms with Crippen molar-refractivity contribution < 1.29 is 10.2 Å². The molecule has 0 fully saturated rings. The Hall–Kier alpha value is -0.700. The molecule has 1 aromatic rings. The van der Waals surface area contributed by atoms with E-state index in [4.69, 9.17) is 10.2 Å². The molecule has 1 heterocycles. The van der Waals surface area contributed by atoms with Crippen LogP contribution in [0.5, 0.6) is 11.5 Å². The maximum absolute atomic E-state index is 9.00. The molecule has 0 atom stereocenters. The van der Waals surface area contributed by atoms with E-state index in [0.717, 1.165) is 21.1 Å². The van der Waals surface area contributed by atoms with Crippen LogP contribution in [0.25, 0.3) is 0 Å². The van der Waals surface area contributed by atoms with E-state index in [1.807, 2.05) is 0 Å². The molecule has 50 valence electrons. The van der Waals surface area contributed by atoms with Crippen LogP contribution in [0, 0.1) is 13.8 Å². The Morgan fingerprint density at radius 1 is 1.00 bits per heavy atom. The Morgan fingerprint density at radius 2 is 1.33 bits per heavy atom. The van der Waals surface area contributed by atoms with E-state index in [-0.39, 0.29) is 11.5 Å². The van der Waals surface area contributed by atoms with Crippen molar-refractivity contribution in [3.05, 3.63) is 9.75 Å². The lowest BCUT2D eigenvalue weighted by atomic mass is 10.4. The summed E-state index contributed by atoms with van der Waals surface area (Å²) >= 11 is 0.936. The predicted octanol–water partition coefficient (Wildman–Crippen LogP) is 1.51. The lowest BCUT2D eigenvalue weighted by Gasteiger charge is -1.81. The van der Waals surface area contributed by atoms with Gasteiger partial charge in [0.25, 0.3) is 0 Å². The third-order valence-electron chi connectivity index (χ3n) is 1.25. The normalized spacial score (nSPS) is 10.0. The van der Waals surface area contributed by atoms with Crippen molar-refractivity contribution in [2.45, 2.75) is 13.8 Å². The topological polar surface area (TPSA) is 40.5 Å². The van der Waals surface area contributed by atoms with Crippen molar-refractivity contribution in [3.8, 4) is 11.5 Å². The third-order valence-corrected chi connectivity index (χ3v) is 2.34. The predicted molar refractivity (Wildman–Crippen MR) is 38.5 cm³/mol. The van der Waals surface area contributed by atoms with Crippen molar-refractivity contribution >= 4 is 11.3 Å². The smallest absolute Gasteiger partial charge is 0.219 e. The first kappa shape index (κ1) is 6.42. The van der Waals surface area contributed by atoms with Crippen LogP contribution in [0.2, 0.25) is 0 Å². The minimum absolute atomic E-state index is 0.0502. The van der Waals surface area contributed by atoms with Crippen molar-refractivity contribution in [1.82, 2.24) is 0 Å². The van der Waals surface area contributed by atoms with E-state index >= 15 is 0 Å². The van der Waals surface area contributed by atoms with Crippen molar-refractivity contribution in [1.29, 1.82) is 0 Å². The molecule has 2 N–H and O–H groups in total. The number of rotatable bonds is 0. The van der Waals surface area contributed by atoms with Crippen LogP contribution in [-0.4, -0.2) is 10.2 Å². The fraction of sp³-hybridized carbons (Fsp3) is 0.333. The Bertz CT molecular complexity index is 205. The summed E-state index contributed by atoms with van der Waals surface area (Å²) < 4.78 is 0. The first-order valence-electron chi connectivity index (χ1n) is 2.64. The van der Waals surface area contributed by atoms with Crippen molar-refractivity contribution in [2.75, 3.05) is 0 Å². The van der Waals surface area contributed by atoms with Gasteiger partial charge in [-0.25, -0.2) is 0 Å². The maximum atomic E-state index is 9.00. The van der Waals surface area contributed by atoms with Gasteiger partial charge < -0.3 is 10.2 Å². The van der Waals surface area contributed by atoms with Gasteiger partial charge in [0.15, 0.2) is 9.75 Å². The van der Waals surface area contributed by atoms with E-state index in [0.29, 0.717) is 0 Å². The van der Waals surface area contributed by atoms with E-state index < -0.39 is 0 Å². The van der Waals surface area contributed by atoms with Gasteiger partial charge in [0.05, 0.1) is 0 Å². The molecule has 0 amide bonds. The molecule has 9 heavy (non-hydrogen) atoms. The zero-order valence-electron chi connectivity index (χ0n) is 5.34. The molecule has 0 aliphatic rings. The minimum atomic E-state index is 0.0502. The highest BCUT2D eigenvalue weighted by molar-refractivity contribution is 7.12. The molecule has 0 spiro atoms. The lowest BCUT2D eigenvalue weighted by Crippen LogP contribution is -1.61. The maximum Gasteiger partial charge on any atom is 0.219 e. The number of thiophene rings is 1. The van der Waals surface area contributed by atoms with Crippen LogP contribution in [0.4, 0.5) is 0 Å². The first-order valence-corrected chi connectivity index (χ1v) is 3.54. The molecular formula is C6H9O2S+. The average Bonchev–Trinajstić information content (AvgIpc) is 1.98. The van der Waals surface area contributed by atoms with E-state index in [9.17, 15) is 0 Å². The quantitative estimate of drug-likeness (QED) is 0.543. The number of hydrogen-bond acceptors (Lipinski definition) is 2. The van der Waals surface area contributed by atoms with Gasteiger partial charge in [0.2, 0.25) is 11.5 Å². The number of hydrogen-bond donors (Lipinski definition) is 2. The van der Waals surface area contributed by atoms with Crippen molar-refractivity contribution in [2.24, 2.45) is 0 Å². The fourth-order valence-electron chi connectivity index (χ4n) is 0.700. The van der Waals surface area contributed by atoms with Gasteiger partial charge in [-0.15, -0.1) is 0 Å². The molecule has 0 aliphatic carbocycles. The van der Waals surface area contributed by atoms with Crippen LogP contribution in [0.1, 0.15) is 9.75 Å². The van der Waals surface area contributed by atoms with Crippen LogP contribution >= 0.6 is 11.3 Å². The van der Waals surface area contributed by atoms with Crippen molar-refractivity contribution in [3.63, 3.8) is 0 Å². The second kappa shape index (κ2) is 1.92. The molecule has 1 aromatic heterocycles. The van der Waals surface area contributed by atoms with Crippen LogP contribution in [0.15, 0.2) is 0 Å². The Balaban J connectivity index is 3.29. The minimum Gasteiger partial charge on any atom is -0.501 e. The van der Waals surface area contributed by atoms with E-state index in [2.05, 4.69) is 0 Å². The summed E-state index contributed by atoms with van der Waals surface area (Å²) in [6.07, 6.45) is 0. The van der Waals surface area contributed by atoms with Crippen LogP contribution < -0.4 is 0 Å². The zero-order valence-corrected chi connectivity index (χ0v) is 6.24. The molecule has 0 bridgehead atoms. The standard InChI is InChI=1S/C6H8O2S/c1-3-5(7)6(8)4(2)9-3/h7-8H,1-2H3/p+1. The molecule has 0 radical (unpaired) electrons. The summed E-state index contributed by atoms with van der Waals surface area (Å²) in [5, 5.41) is 18.0. The molecule has 1 rings (SSSR count). The van der Waals surface area contributed by atoms with Gasteiger partial charge in [-0.05, 0) is 11.3 Å². The number of aromatic hydroxyl groups is 2. The summed E-state index contributed by atoms with van der Waals surface area (Å²) in [7, 11) is 0. The largest absolute Gasteiger partial charge is 0.501 e. The highest BCUT2D eigenvalue weighted by Gasteiger charge is 2.16. The van der Waals surface area contributed by atoms with E-state index in [1.54, 1.807) is 13.8 Å². The first-order chi connectivity index (χ1) is 4.13. The van der Waals surface area contributed by atoms with E-state index in [1.165, 1.54) is 0 Å². The third kappa shape index (κ3) is 0.876. The van der Waals surface area contributed by atoms with Gasteiger partial charge in [0.1, 0.15) is 0 Å². The zero-order chi connectivity index (χ0) is 7.02. The molecule has 2 nitrogen and oxygen atoms in total. The van der Waals surface area contributed by atoms with Gasteiger partial charge in [-0.2, -0.15) is 0 Å². The molecule has 0 aromatic carbocycles. The lowest BCUT2D eigenvalue weighted by molar-refractivity contribution is 0.403. The molecular weight excluding hydrogens is 136 g/mol. The highest BCUT2D eigenvalue weighted by Crippen LogP contribution is 2.38. The van der Waals surface area contributed by atoms with Gasteiger partial charge in [-0.3, -0.25) is 0 Å². The molecule has 3 heteroatoms. The average molecular weight is 145 g/mol. The summed E-state index contributed by atoms with van der Waals surface area (Å²) in [6.45, 7) is 3.59. The fourth-order valence-corrected chi connectivity index (χ4v) is 1.63. The summed E-state index contributed by atoms with van der Waals surface area (Å²) in [4.78, 5) is 1.65. The summed E-state index contributed by atoms with van der Waals surface area (Å²) in [6, 6.07) is 0. The Labute approximate surface area is 57.4 Å². The molecule has 0 saturated heterocycles. The second-order valence-corrected chi connectivity index (χ2v) is 3.55. The highest BCUT2D eigenvalue weighted by atomic mass is 32.1. The second-order valence-electron chi connectivity index (χ2n) is 1.98.